The van der Waals surface area contributed by atoms with Crippen molar-refractivity contribution in [2.45, 2.75) is 31.7 Å². The third-order valence-electron chi connectivity index (χ3n) is 7.86. The van der Waals surface area contributed by atoms with E-state index in [2.05, 4.69) is 22.0 Å². The lowest BCUT2D eigenvalue weighted by Crippen LogP contribution is -2.46. The van der Waals surface area contributed by atoms with E-state index >= 15 is 0 Å². The Bertz CT molecular complexity index is 1570. The summed E-state index contributed by atoms with van der Waals surface area (Å²) in [6.45, 7) is 5.42. The number of hydrogen-bond acceptors (Lipinski definition) is 6. The van der Waals surface area contributed by atoms with Crippen LogP contribution in [0.25, 0.3) is 16.6 Å². The van der Waals surface area contributed by atoms with Gasteiger partial charge in [0.05, 0.1) is 5.39 Å². The van der Waals surface area contributed by atoms with E-state index in [-0.39, 0.29) is 23.2 Å². The maximum atomic E-state index is 13.0. The number of aromatic amines is 1. The summed E-state index contributed by atoms with van der Waals surface area (Å²) in [6, 6.07) is 17.6. The largest absolute Gasteiger partial charge is 0.457 e. The lowest BCUT2D eigenvalue weighted by molar-refractivity contribution is -0.125. The van der Waals surface area contributed by atoms with Crippen molar-refractivity contribution >= 4 is 22.6 Å². The van der Waals surface area contributed by atoms with E-state index in [0.717, 1.165) is 42.9 Å². The molecule has 0 bridgehead atoms. The Labute approximate surface area is 226 Å². The number of carbonyl (C=O) groups excluding carboxylic acids is 1. The Morgan fingerprint density at radius 2 is 1.87 bits per heavy atom. The average molecular weight is 525 g/mol. The number of nitrogens with zero attached hydrogens (tertiary/aromatic N) is 4. The molecule has 6 rings (SSSR count). The molecule has 2 atom stereocenters. The number of likely N-dealkylation sites (tertiary alicyclic amines) is 2. The predicted molar refractivity (Wildman–Crippen MR) is 151 cm³/mol. The van der Waals surface area contributed by atoms with Gasteiger partial charge >= 0.3 is 0 Å². The highest BCUT2D eigenvalue weighted by atomic mass is 16.5. The molecule has 39 heavy (non-hydrogen) atoms. The molecule has 9 heteroatoms. The van der Waals surface area contributed by atoms with Gasteiger partial charge < -0.3 is 19.9 Å². The van der Waals surface area contributed by atoms with Gasteiger partial charge in [0.1, 0.15) is 17.0 Å². The van der Waals surface area contributed by atoms with Crippen LogP contribution in [0, 0.1) is 0 Å². The van der Waals surface area contributed by atoms with Gasteiger partial charge in [-0.1, -0.05) is 31.2 Å². The van der Waals surface area contributed by atoms with Crippen molar-refractivity contribution in [3.63, 3.8) is 0 Å². The first-order valence-corrected chi connectivity index (χ1v) is 13.5. The number of nitrogens with one attached hydrogen (secondary N) is 1. The second kappa shape index (κ2) is 10.4. The van der Waals surface area contributed by atoms with Crippen molar-refractivity contribution in [1.82, 2.24) is 24.6 Å². The SMILES string of the molecule is CCN1CCC1/C=C/C(=O)N1CCC(c2cn(-c3ccc(Oc4ccccc4)cc3)c3c(N)n[nH]c(=O)c23)C1. The molecule has 9 nitrogen and oxygen atoms in total. The maximum Gasteiger partial charge on any atom is 0.274 e. The van der Waals surface area contributed by atoms with Gasteiger partial charge in [-0.15, -0.1) is 0 Å². The summed E-state index contributed by atoms with van der Waals surface area (Å²) in [6.07, 6.45) is 7.57. The van der Waals surface area contributed by atoms with Crippen molar-refractivity contribution in [2.75, 3.05) is 31.9 Å². The molecule has 3 N–H and O–H groups in total. The first-order valence-electron chi connectivity index (χ1n) is 13.5. The zero-order valence-electron chi connectivity index (χ0n) is 21.9. The average Bonchev–Trinajstić information content (AvgIpc) is 3.58. The highest BCUT2D eigenvalue weighted by Crippen LogP contribution is 2.35. The number of amides is 1. The van der Waals surface area contributed by atoms with Crippen LogP contribution < -0.4 is 16.0 Å². The fourth-order valence-corrected chi connectivity index (χ4v) is 5.63. The first kappa shape index (κ1) is 24.9. The van der Waals surface area contributed by atoms with Gasteiger partial charge in [0.15, 0.2) is 5.82 Å². The molecule has 0 saturated carbocycles. The minimum absolute atomic E-state index is 0.0190. The molecule has 4 heterocycles. The maximum absolute atomic E-state index is 13.0. The number of H-pyrrole nitrogens is 1. The van der Waals surface area contributed by atoms with Crippen molar-refractivity contribution in [3.8, 4) is 17.2 Å². The van der Waals surface area contributed by atoms with Gasteiger partial charge in [-0.2, -0.15) is 5.10 Å². The van der Waals surface area contributed by atoms with Crippen LogP contribution in [0.3, 0.4) is 0 Å². The zero-order valence-corrected chi connectivity index (χ0v) is 21.9. The second-order valence-corrected chi connectivity index (χ2v) is 10.1. The van der Waals surface area contributed by atoms with Crippen molar-refractivity contribution in [3.05, 3.63) is 88.9 Å². The quantitative estimate of drug-likeness (QED) is 0.353. The molecule has 2 aromatic carbocycles. The number of para-hydroxylation sites is 1. The van der Waals surface area contributed by atoms with E-state index in [9.17, 15) is 9.59 Å². The van der Waals surface area contributed by atoms with E-state index < -0.39 is 0 Å². The fourth-order valence-electron chi connectivity index (χ4n) is 5.63. The minimum Gasteiger partial charge on any atom is -0.457 e. The molecule has 0 radical (unpaired) electrons. The summed E-state index contributed by atoms with van der Waals surface area (Å²) in [7, 11) is 0. The molecule has 2 aromatic heterocycles. The first-order chi connectivity index (χ1) is 19.0. The van der Waals surface area contributed by atoms with Crippen molar-refractivity contribution < 1.29 is 9.53 Å². The van der Waals surface area contributed by atoms with Crippen molar-refractivity contribution in [2.24, 2.45) is 0 Å². The van der Waals surface area contributed by atoms with Crippen LogP contribution in [-0.4, -0.2) is 62.7 Å². The van der Waals surface area contributed by atoms with Crippen LogP contribution in [-0.2, 0) is 4.79 Å². The predicted octanol–water partition coefficient (Wildman–Crippen LogP) is 4.05. The molecule has 2 aliphatic heterocycles. The van der Waals surface area contributed by atoms with Gasteiger partial charge in [-0.25, -0.2) is 5.10 Å². The van der Waals surface area contributed by atoms with E-state index in [1.165, 1.54) is 0 Å². The molecule has 1 amide bonds. The molecule has 2 unspecified atom stereocenters. The van der Waals surface area contributed by atoms with Crippen LogP contribution in [0.15, 0.2) is 77.7 Å². The van der Waals surface area contributed by atoms with Gasteiger partial charge in [0.25, 0.3) is 5.56 Å². The Hall–Kier alpha value is -4.37. The summed E-state index contributed by atoms with van der Waals surface area (Å²) in [5.74, 6) is 1.74. The van der Waals surface area contributed by atoms with Gasteiger partial charge in [0.2, 0.25) is 5.91 Å². The number of nitrogens with two attached hydrogens (primary N) is 1. The van der Waals surface area contributed by atoms with Crippen LogP contribution in [0.4, 0.5) is 5.82 Å². The van der Waals surface area contributed by atoms with E-state index in [1.54, 1.807) is 6.08 Å². The van der Waals surface area contributed by atoms with E-state index in [4.69, 9.17) is 10.5 Å². The minimum atomic E-state index is -0.286. The summed E-state index contributed by atoms with van der Waals surface area (Å²) >= 11 is 0. The van der Waals surface area contributed by atoms with Gasteiger partial charge in [0, 0.05) is 49.6 Å². The molecular formula is C30H32N6O3. The summed E-state index contributed by atoms with van der Waals surface area (Å²) in [5.41, 5.74) is 8.28. The smallest absolute Gasteiger partial charge is 0.274 e. The standard InChI is InChI=1S/C30H32N6O3/c1-2-34-17-15-21(34)10-13-26(37)35-16-14-20(18-35)25-19-36(28-27(25)30(38)33-32-29(28)31)22-8-11-24(12-9-22)39-23-6-4-3-5-7-23/h3-13,19-21H,2,14-18H2,1H3,(H2,31,32)(H,33,38)/b13-10+. The number of fused-ring (bicyclic) bond motifs is 1. The van der Waals surface area contributed by atoms with E-state index in [0.29, 0.717) is 35.8 Å². The summed E-state index contributed by atoms with van der Waals surface area (Å²) in [5, 5.41) is 7.09. The normalized spacial score (nSPS) is 19.6. The van der Waals surface area contributed by atoms with Gasteiger partial charge in [-0.05, 0) is 61.3 Å². The number of anilines is 1. The Balaban J connectivity index is 1.26. The van der Waals surface area contributed by atoms with Crippen LogP contribution in [0.1, 0.15) is 31.2 Å². The van der Waals surface area contributed by atoms with Crippen LogP contribution in [0.2, 0.25) is 0 Å². The lowest BCUT2D eigenvalue weighted by atomic mass is 9.99. The molecule has 4 aromatic rings. The number of rotatable bonds is 7. The van der Waals surface area contributed by atoms with E-state index in [1.807, 2.05) is 76.3 Å². The number of benzene rings is 2. The molecule has 2 aliphatic rings. The zero-order chi connectivity index (χ0) is 26.9. The Kier molecular flexibility index (Phi) is 6.66. The molecular weight excluding hydrogens is 492 g/mol. The van der Waals surface area contributed by atoms with Crippen LogP contribution in [0.5, 0.6) is 11.5 Å². The monoisotopic (exact) mass is 524 g/mol. The highest BCUT2D eigenvalue weighted by Gasteiger charge is 2.31. The Morgan fingerprint density at radius 1 is 1.10 bits per heavy atom. The van der Waals surface area contributed by atoms with Crippen LogP contribution >= 0.6 is 0 Å². The second-order valence-electron chi connectivity index (χ2n) is 10.1. The molecule has 2 fully saturated rings. The summed E-state index contributed by atoms with van der Waals surface area (Å²) < 4.78 is 7.84. The van der Waals surface area contributed by atoms with Gasteiger partial charge in [-0.3, -0.25) is 14.5 Å². The molecule has 0 aliphatic carbocycles. The fraction of sp³-hybridized carbons (Fsp3) is 0.300. The number of carbonyl (C=O) groups is 1. The molecule has 2 saturated heterocycles. The molecule has 0 spiro atoms. The Morgan fingerprint density at radius 3 is 2.59 bits per heavy atom. The summed E-state index contributed by atoms with van der Waals surface area (Å²) in [4.78, 5) is 30.2. The van der Waals surface area contributed by atoms with Crippen molar-refractivity contribution in [1.29, 1.82) is 0 Å². The number of aromatic nitrogens is 3. The lowest BCUT2D eigenvalue weighted by Gasteiger charge is -2.38. The topological polar surface area (TPSA) is 109 Å². The number of likely N-dealkylation sites (N-methyl/N-ethyl adjacent to an activating group) is 1. The number of hydrogen-bond donors (Lipinski definition) is 2. The number of ether oxygens (including phenoxy) is 1. The molecule has 200 valence electrons. The third-order valence-corrected chi connectivity index (χ3v) is 7.86. The highest BCUT2D eigenvalue weighted by molar-refractivity contribution is 5.93. The third kappa shape index (κ3) is 4.81. The number of nitrogen functional groups attached to an aromatic ring is 1.